The Balaban J connectivity index is 2.17. The first-order valence-electron chi connectivity index (χ1n) is 8.09. The molecule has 0 atom stereocenters. The molecule has 6 nitrogen and oxygen atoms in total. The molecule has 130 valence electrons. The summed E-state index contributed by atoms with van der Waals surface area (Å²) in [5.74, 6) is 1.28. The summed E-state index contributed by atoms with van der Waals surface area (Å²) in [6.07, 6.45) is 0. The fraction of sp³-hybridized carbons (Fsp3) is 0.471. The molecule has 0 spiro atoms. The Morgan fingerprint density at radius 3 is 2.54 bits per heavy atom. The standard InChI is InChI=1S/C17H24N4O2S/c1-4-20(5-2)15(22)13-24-17-19-18-16(21(17)11-12-23-3)14-9-7-6-8-10-14/h6-10H,4-5,11-13H2,1-3H3. The zero-order valence-corrected chi connectivity index (χ0v) is 15.3. The molecule has 7 heteroatoms. The molecule has 1 aromatic heterocycles. The van der Waals surface area contributed by atoms with Crippen molar-refractivity contribution in [3.8, 4) is 11.4 Å². The smallest absolute Gasteiger partial charge is 0.233 e. The molecule has 0 aliphatic carbocycles. The van der Waals surface area contributed by atoms with E-state index in [-0.39, 0.29) is 5.91 Å². The van der Waals surface area contributed by atoms with Crippen LogP contribution in [0.1, 0.15) is 13.8 Å². The zero-order chi connectivity index (χ0) is 17.4. The molecule has 0 aliphatic heterocycles. The lowest BCUT2D eigenvalue weighted by Crippen LogP contribution is -2.32. The maximum atomic E-state index is 12.2. The second kappa shape index (κ2) is 9.44. The topological polar surface area (TPSA) is 60.2 Å². The fourth-order valence-corrected chi connectivity index (χ4v) is 3.24. The van der Waals surface area contributed by atoms with Crippen molar-refractivity contribution in [1.29, 1.82) is 0 Å². The number of benzene rings is 1. The summed E-state index contributed by atoms with van der Waals surface area (Å²) in [5, 5.41) is 9.33. The second-order valence-electron chi connectivity index (χ2n) is 5.17. The molecule has 1 amide bonds. The molecular formula is C17H24N4O2S. The summed E-state index contributed by atoms with van der Waals surface area (Å²) in [6, 6.07) is 9.92. The lowest BCUT2D eigenvalue weighted by Gasteiger charge is -2.18. The first-order valence-corrected chi connectivity index (χ1v) is 9.07. The van der Waals surface area contributed by atoms with Crippen molar-refractivity contribution in [2.45, 2.75) is 25.5 Å². The van der Waals surface area contributed by atoms with E-state index in [1.807, 2.05) is 53.6 Å². The summed E-state index contributed by atoms with van der Waals surface area (Å²) >= 11 is 1.42. The molecule has 0 fully saturated rings. The molecule has 2 aromatic rings. The van der Waals surface area contributed by atoms with Crippen LogP contribution in [0.2, 0.25) is 0 Å². The van der Waals surface area contributed by atoms with Crippen LogP contribution in [0.25, 0.3) is 11.4 Å². The van der Waals surface area contributed by atoms with Gasteiger partial charge in [-0.1, -0.05) is 42.1 Å². The van der Waals surface area contributed by atoms with Gasteiger partial charge in [0.25, 0.3) is 0 Å². The number of ether oxygens (including phenoxy) is 1. The van der Waals surface area contributed by atoms with Crippen molar-refractivity contribution in [3.63, 3.8) is 0 Å². The number of nitrogens with zero attached hydrogens (tertiary/aromatic N) is 4. The van der Waals surface area contributed by atoms with Gasteiger partial charge in [-0.05, 0) is 13.8 Å². The number of rotatable bonds is 9. The summed E-state index contributed by atoms with van der Waals surface area (Å²) in [7, 11) is 1.67. The zero-order valence-electron chi connectivity index (χ0n) is 14.4. The van der Waals surface area contributed by atoms with Crippen molar-refractivity contribution in [2.75, 3.05) is 32.6 Å². The number of methoxy groups -OCH3 is 1. The molecule has 1 heterocycles. The highest BCUT2D eigenvalue weighted by Gasteiger charge is 2.17. The summed E-state index contributed by atoms with van der Waals surface area (Å²) in [4.78, 5) is 14.0. The van der Waals surface area contributed by atoms with E-state index >= 15 is 0 Å². The molecule has 24 heavy (non-hydrogen) atoms. The van der Waals surface area contributed by atoms with E-state index in [1.54, 1.807) is 7.11 Å². The van der Waals surface area contributed by atoms with Crippen molar-refractivity contribution < 1.29 is 9.53 Å². The van der Waals surface area contributed by atoms with Crippen molar-refractivity contribution in [2.24, 2.45) is 0 Å². The Labute approximate surface area is 147 Å². The number of carbonyl (C=O) groups excluding carboxylic acids is 1. The Hall–Kier alpha value is -1.86. The first-order chi connectivity index (χ1) is 11.7. The highest BCUT2D eigenvalue weighted by atomic mass is 32.2. The van der Waals surface area contributed by atoms with Crippen LogP contribution in [0.4, 0.5) is 0 Å². The van der Waals surface area contributed by atoms with Crippen LogP contribution in [0, 0.1) is 0 Å². The van der Waals surface area contributed by atoms with Gasteiger partial charge in [0, 0.05) is 25.8 Å². The first kappa shape index (κ1) is 18.5. The van der Waals surface area contributed by atoms with E-state index < -0.39 is 0 Å². The van der Waals surface area contributed by atoms with Gasteiger partial charge in [0.15, 0.2) is 11.0 Å². The van der Waals surface area contributed by atoms with Crippen LogP contribution in [0.5, 0.6) is 0 Å². The van der Waals surface area contributed by atoms with E-state index in [2.05, 4.69) is 10.2 Å². The van der Waals surface area contributed by atoms with Crippen LogP contribution >= 0.6 is 11.8 Å². The number of carbonyl (C=O) groups is 1. The average molecular weight is 348 g/mol. The van der Waals surface area contributed by atoms with Gasteiger partial charge < -0.3 is 9.64 Å². The molecular weight excluding hydrogens is 324 g/mol. The average Bonchev–Trinajstić information content (AvgIpc) is 3.02. The highest BCUT2D eigenvalue weighted by molar-refractivity contribution is 7.99. The number of hydrogen-bond acceptors (Lipinski definition) is 5. The molecule has 0 radical (unpaired) electrons. The molecule has 0 aliphatic rings. The predicted molar refractivity (Wildman–Crippen MR) is 96.0 cm³/mol. The van der Waals surface area contributed by atoms with Gasteiger partial charge >= 0.3 is 0 Å². The lowest BCUT2D eigenvalue weighted by molar-refractivity contribution is -0.127. The third kappa shape index (κ3) is 4.58. The molecule has 2 rings (SSSR count). The van der Waals surface area contributed by atoms with Crippen molar-refractivity contribution >= 4 is 17.7 Å². The van der Waals surface area contributed by atoms with Crippen molar-refractivity contribution in [1.82, 2.24) is 19.7 Å². The molecule has 1 aromatic carbocycles. The molecule has 0 bridgehead atoms. The molecule has 0 saturated heterocycles. The molecule has 0 unspecified atom stereocenters. The fourth-order valence-electron chi connectivity index (χ4n) is 2.37. The van der Waals surface area contributed by atoms with E-state index in [1.165, 1.54) is 11.8 Å². The minimum Gasteiger partial charge on any atom is -0.383 e. The number of hydrogen-bond donors (Lipinski definition) is 0. The van der Waals surface area contributed by atoms with E-state index in [9.17, 15) is 4.79 Å². The maximum absolute atomic E-state index is 12.2. The number of thioether (sulfide) groups is 1. The normalized spacial score (nSPS) is 10.8. The van der Waals surface area contributed by atoms with E-state index in [0.29, 0.717) is 18.9 Å². The van der Waals surface area contributed by atoms with Gasteiger partial charge in [-0.2, -0.15) is 0 Å². The quantitative estimate of drug-likeness (QED) is 0.652. The van der Waals surface area contributed by atoms with Gasteiger partial charge in [0.1, 0.15) is 0 Å². The van der Waals surface area contributed by atoms with E-state index in [4.69, 9.17) is 4.74 Å². The SMILES string of the molecule is CCN(CC)C(=O)CSc1nnc(-c2ccccc2)n1CCOC. The summed E-state index contributed by atoms with van der Waals surface area (Å²) in [6.45, 7) is 6.63. The Kier molecular flexibility index (Phi) is 7.27. The Bertz CT molecular complexity index is 641. The summed E-state index contributed by atoms with van der Waals surface area (Å²) in [5.41, 5.74) is 1.00. The van der Waals surface area contributed by atoms with Crippen LogP contribution < -0.4 is 0 Å². The van der Waals surface area contributed by atoms with E-state index in [0.717, 1.165) is 29.6 Å². The van der Waals surface area contributed by atoms with Gasteiger partial charge in [0.2, 0.25) is 5.91 Å². The van der Waals surface area contributed by atoms with Crippen LogP contribution in [-0.2, 0) is 16.1 Å². The van der Waals surface area contributed by atoms with Gasteiger partial charge in [0.05, 0.1) is 18.9 Å². The van der Waals surface area contributed by atoms with Crippen molar-refractivity contribution in [3.05, 3.63) is 30.3 Å². The third-order valence-electron chi connectivity index (χ3n) is 3.71. The monoisotopic (exact) mass is 348 g/mol. The highest BCUT2D eigenvalue weighted by Crippen LogP contribution is 2.24. The second-order valence-corrected chi connectivity index (χ2v) is 6.11. The maximum Gasteiger partial charge on any atom is 0.233 e. The Morgan fingerprint density at radius 1 is 1.21 bits per heavy atom. The summed E-state index contributed by atoms with van der Waals surface area (Å²) < 4.78 is 7.21. The number of amides is 1. The Morgan fingerprint density at radius 2 is 1.92 bits per heavy atom. The minimum atomic E-state index is 0.118. The van der Waals surface area contributed by atoms with Crippen LogP contribution in [-0.4, -0.2) is 58.1 Å². The van der Waals surface area contributed by atoms with Gasteiger partial charge in [-0.25, -0.2) is 0 Å². The molecule has 0 N–H and O–H groups in total. The van der Waals surface area contributed by atoms with Gasteiger partial charge in [-0.3, -0.25) is 9.36 Å². The third-order valence-corrected chi connectivity index (χ3v) is 4.66. The minimum absolute atomic E-state index is 0.118. The van der Waals surface area contributed by atoms with Gasteiger partial charge in [-0.15, -0.1) is 10.2 Å². The van der Waals surface area contributed by atoms with Crippen LogP contribution in [0.3, 0.4) is 0 Å². The predicted octanol–water partition coefficient (Wildman–Crippen LogP) is 2.55. The molecule has 0 saturated carbocycles. The van der Waals surface area contributed by atoms with Crippen LogP contribution in [0.15, 0.2) is 35.5 Å². The largest absolute Gasteiger partial charge is 0.383 e. The number of aromatic nitrogens is 3. The lowest BCUT2D eigenvalue weighted by atomic mass is 10.2.